The topological polar surface area (TPSA) is 69.7 Å². The standard InChI is InChI=1S/C31H58O5S2/c1-3-5-7-9-11-16-24-35-30(33)20-18-26-38-29(19-14-13-15-23-32)21-27-37-28-22-31(34)36-25-17-12-10-8-6-4-2/h23,29H,3-22,24-28H2,1-2H3. The van der Waals surface area contributed by atoms with E-state index in [9.17, 15) is 14.4 Å². The monoisotopic (exact) mass is 574 g/mol. The maximum absolute atomic E-state index is 12.0. The van der Waals surface area contributed by atoms with Crippen molar-refractivity contribution in [2.24, 2.45) is 0 Å². The molecule has 1 atom stereocenters. The van der Waals surface area contributed by atoms with Crippen molar-refractivity contribution in [3.8, 4) is 0 Å². The zero-order chi connectivity index (χ0) is 27.9. The van der Waals surface area contributed by atoms with Crippen molar-refractivity contribution >= 4 is 41.7 Å². The predicted octanol–water partition coefficient (Wildman–Crippen LogP) is 8.95. The highest BCUT2D eigenvalue weighted by Gasteiger charge is 2.11. The summed E-state index contributed by atoms with van der Waals surface area (Å²) in [5.74, 6) is 2.65. The minimum Gasteiger partial charge on any atom is -0.466 e. The molecule has 38 heavy (non-hydrogen) atoms. The molecular weight excluding hydrogens is 516 g/mol. The zero-order valence-electron chi connectivity index (χ0n) is 24.7. The van der Waals surface area contributed by atoms with Gasteiger partial charge in [0.1, 0.15) is 6.29 Å². The van der Waals surface area contributed by atoms with Gasteiger partial charge in [-0.3, -0.25) is 9.59 Å². The Balaban J connectivity index is 3.91. The van der Waals surface area contributed by atoms with Crippen LogP contribution < -0.4 is 0 Å². The smallest absolute Gasteiger partial charge is 0.306 e. The van der Waals surface area contributed by atoms with Crippen molar-refractivity contribution in [1.29, 1.82) is 0 Å². The Morgan fingerprint density at radius 3 is 1.82 bits per heavy atom. The second kappa shape index (κ2) is 30.8. The van der Waals surface area contributed by atoms with Gasteiger partial charge in [-0.05, 0) is 50.0 Å². The Morgan fingerprint density at radius 1 is 0.632 bits per heavy atom. The largest absolute Gasteiger partial charge is 0.466 e. The number of hydrogen-bond acceptors (Lipinski definition) is 7. The first kappa shape index (κ1) is 37.3. The summed E-state index contributed by atoms with van der Waals surface area (Å²) in [7, 11) is 0. The molecule has 5 nitrogen and oxygen atoms in total. The molecule has 0 saturated carbocycles. The molecule has 0 N–H and O–H groups in total. The molecule has 0 radical (unpaired) electrons. The third-order valence-corrected chi connectivity index (χ3v) is 9.02. The summed E-state index contributed by atoms with van der Waals surface area (Å²) in [4.78, 5) is 34.6. The lowest BCUT2D eigenvalue weighted by Gasteiger charge is -2.16. The number of thioether (sulfide) groups is 2. The van der Waals surface area contributed by atoms with Crippen LogP contribution in [0.4, 0.5) is 0 Å². The molecule has 0 fully saturated rings. The number of aldehydes is 1. The van der Waals surface area contributed by atoms with Crippen molar-refractivity contribution in [3.05, 3.63) is 0 Å². The highest BCUT2D eigenvalue weighted by molar-refractivity contribution is 8.00. The Hall–Kier alpha value is -0.690. The number of hydrogen-bond donors (Lipinski definition) is 0. The molecule has 0 amide bonds. The summed E-state index contributed by atoms with van der Waals surface area (Å²) in [6, 6.07) is 0. The Morgan fingerprint density at radius 2 is 1.21 bits per heavy atom. The number of rotatable bonds is 30. The van der Waals surface area contributed by atoms with Gasteiger partial charge in [-0.1, -0.05) is 84.5 Å². The summed E-state index contributed by atoms with van der Waals surface area (Å²) in [5, 5.41) is 0.535. The van der Waals surface area contributed by atoms with E-state index >= 15 is 0 Å². The van der Waals surface area contributed by atoms with Crippen LogP contribution in [-0.2, 0) is 23.9 Å². The normalized spacial score (nSPS) is 11.8. The van der Waals surface area contributed by atoms with Crippen LogP contribution in [0.5, 0.6) is 0 Å². The summed E-state index contributed by atoms with van der Waals surface area (Å²) in [5.41, 5.74) is 0. The van der Waals surface area contributed by atoms with E-state index in [2.05, 4.69) is 13.8 Å². The van der Waals surface area contributed by atoms with Gasteiger partial charge in [-0.25, -0.2) is 0 Å². The zero-order valence-corrected chi connectivity index (χ0v) is 26.3. The lowest BCUT2D eigenvalue weighted by molar-refractivity contribution is -0.144. The maximum Gasteiger partial charge on any atom is 0.306 e. The van der Waals surface area contributed by atoms with Gasteiger partial charge in [0.15, 0.2) is 0 Å². The summed E-state index contributed by atoms with van der Waals surface area (Å²) in [6.07, 6.45) is 22.0. The van der Waals surface area contributed by atoms with Gasteiger partial charge in [-0.15, -0.1) is 0 Å². The van der Waals surface area contributed by atoms with E-state index in [4.69, 9.17) is 9.47 Å². The number of esters is 2. The van der Waals surface area contributed by atoms with E-state index in [0.29, 0.717) is 37.7 Å². The van der Waals surface area contributed by atoms with Crippen molar-refractivity contribution in [2.75, 3.05) is 30.5 Å². The summed E-state index contributed by atoms with van der Waals surface area (Å²) in [6.45, 7) is 5.55. The fourth-order valence-corrected chi connectivity index (χ4v) is 6.51. The molecule has 0 aromatic rings. The quantitative estimate of drug-likeness (QED) is 0.0482. The number of unbranched alkanes of at least 4 members (excludes halogenated alkanes) is 12. The third kappa shape index (κ3) is 28.3. The average Bonchev–Trinajstić information content (AvgIpc) is 2.91. The Kier molecular flexibility index (Phi) is 30.3. The second-order valence-corrected chi connectivity index (χ2v) is 12.8. The van der Waals surface area contributed by atoms with Crippen molar-refractivity contribution in [1.82, 2.24) is 0 Å². The van der Waals surface area contributed by atoms with Crippen molar-refractivity contribution in [3.63, 3.8) is 0 Å². The van der Waals surface area contributed by atoms with Gasteiger partial charge in [0.05, 0.1) is 19.6 Å². The molecule has 224 valence electrons. The Bertz CT molecular complexity index is 544. The molecule has 0 aliphatic carbocycles. The first-order valence-electron chi connectivity index (χ1n) is 15.6. The van der Waals surface area contributed by atoms with Crippen LogP contribution in [0.2, 0.25) is 0 Å². The summed E-state index contributed by atoms with van der Waals surface area (Å²) < 4.78 is 10.8. The van der Waals surface area contributed by atoms with E-state index < -0.39 is 0 Å². The van der Waals surface area contributed by atoms with E-state index in [1.807, 2.05) is 23.5 Å². The minimum absolute atomic E-state index is 0.0689. The van der Waals surface area contributed by atoms with Crippen molar-refractivity contribution in [2.45, 2.75) is 148 Å². The molecule has 0 aromatic carbocycles. The van der Waals surface area contributed by atoms with Crippen LogP contribution in [0.3, 0.4) is 0 Å². The molecule has 0 heterocycles. The maximum atomic E-state index is 12.0. The highest BCUT2D eigenvalue weighted by atomic mass is 32.2. The van der Waals surface area contributed by atoms with Crippen LogP contribution in [0.25, 0.3) is 0 Å². The van der Waals surface area contributed by atoms with Crippen molar-refractivity contribution < 1.29 is 23.9 Å². The fraction of sp³-hybridized carbons (Fsp3) is 0.903. The SMILES string of the molecule is CCCCCCCCOC(=O)CCCSC(CCCCC=O)CCSCCC(=O)OCCCCCCCC. The lowest BCUT2D eigenvalue weighted by Crippen LogP contribution is -2.09. The molecular formula is C31H58O5S2. The Labute approximate surface area is 243 Å². The number of carbonyl (C=O) groups excluding carboxylic acids is 3. The molecule has 0 rings (SSSR count). The fourth-order valence-electron chi connectivity index (χ4n) is 4.13. The molecule has 0 spiro atoms. The van der Waals surface area contributed by atoms with Gasteiger partial charge in [-0.2, -0.15) is 23.5 Å². The van der Waals surface area contributed by atoms with Crippen LogP contribution in [-0.4, -0.2) is 53.9 Å². The third-order valence-electron chi connectivity index (χ3n) is 6.53. The lowest BCUT2D eigenvalue weighted by atomic mass is 10.1. The van der Waals surface area contributed by atoms with Crippen LogP contribution in [0, 0.1) is 0 Å². The van der Waals surface area contributed by atoms with E-state index in [1.165, 1.54) is 51.4 Å². The van der Waals surface area contributed by atoms with Gasteiger partial charge < -0.3 is 14.3 Å². The van der Waals surface area contributed by atoms with Gasteiger partial charge in [0.25, 0.3) is 0 Å². The molecule has 1 unspecified atom stereocenters. The summed E-state index contributed by atoms with van der Waals surface area (Å²) >= 11 is 3.77. The molecule has 0 aromatic heterocycles. The predicted molar refractivity (Wildman–Crippen MR) is 165 cm³/mol. The molecule has 0 aliphatic rings. The van der Waals surface area contributed by atoms with E-state index in [-0.39, 0.29) is 11.9 Å². The van der Waals surface area contributed by atoms with E-state index in [0.717, 1.165) is 81.3 Å². The van der Waals surface area contributed by atoms with Crippen LogP contribution >= 0.6 is 23.5 Å². The van der Waals surface area contributed by atoms with Gasteiger partial charge >= 0.3 is 11.9 Å². The minimum atomic E-state index is -0.0748. The molecule has 7 heteroatoms. The van der Waals surface area contributed by atoms with E-state index in [1.54, 1.807) is 0 Å². The molecule has 0 bridgehead atoms. The number of carbonyl (C=O) groups is 3. The molecule has 0 aliphatic heterocycles. The molecule has 0 saturated heterocycles. The first-order valence-corrected chi connectivity index (χ1v) is 17.8. The average molecular weight is 575 g/mol. The number of ether oxygens (including phenoxy) is 2. The van der Waals surface area contributed by atoms with Gasteiger partial charge in [0, 0.05) is 23.8 Å². The first-order chi connectivity index (χ1) is 18.6. The van der Waals surface area contributed by atoms with Crippen LogP contribution in [0.1, 0.15) is 142 Å². The second-order valence-electron chi connectivity index (χ2n) is 10.2. The highest BCUT2D eigenvalue weighted by Crippen LogP contribution is 2.24. The van der Waals surface area contributed by atoms with Gasteiger partial charge in [0.2, 0.25) is 0 Å². The van der Waals surface area contributed by atoms with Crippen LogP contribution in [0.15, 0.2) is 0 Å².